The lowest BCUT2D eigenvalue weighted by molar-refractivity contribution is 0.392. The van der Waals surface area contributed by atoms with E-state index in [1.165, 1.54) is 0 Å². The Morgan fingerprint density at radius 1 is 1.23 bits per heavy atom. The highest BCUT2D eigenvalue weighted by molar-refractivity contribution is 7.15. The monoisotopic (exact) mass is 322 g/mol. The van der Waals surface area contributed by atoms with Gasteiger partial charge in [0.25, 0.3) is 0 Å². The van der Waals surface area contributed by atoms with Gasteiger partial charge in [0, 0.05) is 24.1 Å². The molecule has 0 amide bonds. The van der Waals surface area contributed by atoms with Crippen molar-refractivity contribution in [1.82, 2.24) is 15.1 Å². The molecule has 0 aliphatic rings. The Morgan fingerprint density at radius 2 is 1.95 bits per heavy atom. The number of rotatable bonds is 5. The van der Waals surface area contributed by atoms with E-state index in [0.717, 1.165) is 15.7 Å². The number of nitrogens with one attached hydrogen (secondary N) is 1. The lowest BCUT2D eigenvalue weighted by Crippen LogP contribution is -2.12. The molecule has 120 valence electrons. The van der Waals surface area contributed by atoms with Gasteiger partial charge in [0.1, 0.15) is 10.8 Å². The maximum absolute atomic E-state index is 14.0. The Morgan fingerprint density at radius 3 is 2.50 bits per heavy atom. The highest BCUT2D eigenvalue weighted by Crippen LogP contribution is 2.27. The summed E-state index contributed by atoms with van der Waals surface area (Å²) in [6.45, 7) is 7.46. The van der Waals surface area contributed by atoms with Crippen LogP contribution in [-0.2, 0) is 18.5 Å². The Bertz CT molecular complexity index is 631. The average Bonchev–Trinajstić information content (AvgIpc) is 2.87. The van der Waals surface area contributed by atoms with Gasteiger partial charge in [0.05, 0.1) is 0 Å². The van der Waals surface area contributed by atoms with Crippen LogP contribution in [0.3, 0.4) is 0 Å². The molecule has 0 unspecified atom stereocenters. The van der Waals surface area contributed by atoms with Gasteiger partial charge in [-0.25, -0.2) is 4.39 Å². The first-order valence-corrected chi connectivity index (χ1v) is 8.07. The van der Waals surface area contributed by atoms with E-state index in [4.69, 9.17) is 0 Å². The molecule has 0 radical (unpaired) electrons. The number of anilines is 1. The minimum absolute atomic E-state index is 0.00245. The first kappa shape index (κ1) is 16.8. The summed E-state index contributed by atoms with van der Waals surface area (Å²) in [6.07, 6.45) is 0. The quantitative estimate of drug-likeness (QED) is 0.912. The second kappa shape index (κ2) is 6.71. The molecule has 2 aromatic rings. The largest absolute Gasteiger partial charge is 0.356 e. The van der Waals surface area contributed by atoms with Gasteiger partial charge in [0.15, 0.2) is 0 Å². The summed E-state index contributed by atoms with van der Waals surface area (Å²) in [7, 11) is 3.86. The van der Waals surface area contributed by atoms with Crippen LogP contribution in [0.4, 0.5) is 9.52 Å². The standard InChI is InChI=1S/C16H23FN4S/c1-16(2,3)14-19-20-15(22-14)18-9-11-6-7-12(10-21(4)5)13(17)8-11/h6-8H,9-10H2,1-5H3,(H,18,20). The summed E-state index contributed by atoms with van der Waals surface area (Å²) >= 11 is 1.54. The Kier molecular flexibility index (Phi) is 5.13. The number of aromatic nitrogens is 2. The minimum Gasteiger partial charge on any atom is -0.356 e. The van der Waals surface area contributed by atoms with Crippen molar-refractivity contribution in [3.8, 4) is 0 Å². The molecule has 0 aliphatic carbocycles. The molecule has 6 heteroatoms. The summed E-state index contributed by atoms with van der Waals surface area (Å²) in [5.74, 6) is -0.166. The van der Waals surface area contributed by atoms with Crippen LogP contribution in [0.2, 0.25) is 0 Å². The molecule has 1 heterocycles. The van der Waals surface area contributed by atoms with Crippen molar-refractivity contribution in [2.24, 2.45) is 0 Å². The predicted molar refractivity (Wildman–Crippen MR) is 89.7 cm³/mol. The van der Waals surface area contributed by atoms with Crippen molar-refractivity contribution in [1.29, 1.82) is 0 Å². The first-order valence-electron chi connectivity index (χ1n) is 7.25. The van der Waals surface area contributed by atoms with Crippen LogP contribution >= 0.6 is 11.3 Å². The van der Waals surface area contributed by atoms with E-state index in [1.54, 1.807) is 17.4 Å². The molecule has 0 saturated carbocycles. The zero-order valence-corrected chi connectivity index (χ0v) is 14.6. The summed E-state index contributed by atoms with van der Waals surface area (Å²) in [4.78, 5) is 1.95. The van der Waals surface area contributed by atoms with Crippen molar-refractivity contribution >= 4 is 16.5 Å². The van der Waals surface area contributed by atoms with Crippen molar-refractivity contribution in [3.63, 3.8) is 0 Å². The molecule has 22 heavy (non-hydrogen) atoms. The molecule has 0 atom stereocenters. The minimum atomic E-state index is -0.166. The molecule has 1 aromatic carbocycles. The molecule has 0 fully saturated rings. The smallest absolute Gasteiger partial charge is 0.205 e. The third kappa shape index (κ3) is 4.48. The molecule has 1 N–H and O–H groups in total. The maximum atomic E-state index is 14.0. The van der Waals surface area contributed by atoms with E-state index in [2.05, 4.69) is 36.3 Å². The Labute approximate surface area is 135 Å². The van der Waals surface area contributed by atoms with E-state index in [9.17, 15) is 4.39 Å². The summed E-state index contributed by atoms with van der Waals surface area (Å²) in [6, 6.07) is 5.37. The molecular weight excluding hydrogens is 299 g/mol. The van der Waals surface area contributed by atoms with Crippen LogP contribution in [-0.4, -0.2) is 29.2 Å². The molecule has 0 aliphatic heterocycles. The summed E-state index contributed by atoms with van der Waals surface area (Å²) < 4.78 is 14.0. The van der Waals surface area contributed by atoms with Crippen molar-refractivity contribution in [2.75, 3.05) is 19.4 Å². The van der Waals surface area contributed by atoms with Crippen molar-refractivity contribution in [2.45, 2.75) is 39.3 Å². The van der Waals surface area contributed by atoms with Crippen LogP contribution in [0, 0.1) is 5.82 Å². The lowest BCUT2D eigenvalue weighted by atomic mass is 9.98. The molecular formula is C16H23FN4S. The highest BCUT2D eigenvalue weighted by Gasteiger charge is 2.19. The number of nitrogens with zero attached hydrogens (tertiary/aromatic N) is 3. The molecule has 4 nitrogen and oxygen atoms in total. The van der Waals surface area contributed by atoms with E-state index in [1.807, 2.05) is 31.1 Å². The second-order valence-corrected chi connectivity index (χ2v) is 7.66. The van der Waals surface area contributed by atoms with Gasteiger partial charge in [-0.1, -0.05) is 44.2 Å². The Balaban J connectivity index is 2.00. The molecule has 0 saturated heterocycles. The van der Waals surface area contributed by atoms with Crippen molar-refractivity contribution in [3.05, 3.63) is 40.2 Å². The van der Waals surface area contributed by atoms with E-state index >= 15 is 0 Å². The second-order valence-electron chi connectivity index (χ2n) is 6.68. The normalized spacial score (nSPS) is 12.0. The first-order chi connectivity index (χ1) is 10.3. The topological polar surface area (TPSA) is 41.0 Å². The van der Waals surface area contributed by atoms with Crippen LogP contribution < -0.4 is 5.32 Å². The number of hydrogen-bond acceptors (Lipinski definition) is 5. The number of hydrogen-bond donors (Lipinski definition) is 1. The van der Waals surface area contributed by atoms with Crippen molar-refractivity contribution < 1.29 is 4.39 Å². The van der Waals surface area contributed by atoms with Gasteiger partial charge in [-0.15, -0.1) is 10.2 Å². The summed E-state index contributed by atoms with van der Waals surface area (Å²) in [5, 5.41) is 13.3. The van der Waals surface area contributed by atoms with Crippen LogP contribution in [0.25, 0.3) is 0 Å². The lowest BCUT2D eigenvalue weighted by Gasteiger charge is -2.12. The number of benzene rings is 1. The fourth-order valence-electron chi connectivity index (χ4n) is 1.95. The zero-order valence-electron chi connectivity index (χ0n) is 13.8. The molecule has 0 bridgehead atoms. The summed E-state index contributed by atoms with van der Waals surface area (Å²) in [5.41, 5.74) is 1.60. The predicted octanol–water partition coefficient (Wildman–Crippen LogP) is 3.65. The van der Waals surface area contributed by atoms with E-state index in [0.29, 0.717) is 18.7 Å². The van der Waals surface area contributed by atoms with Gasteiger partial charge in [-0.3, -0.25) is 0 Å². The fraction of sp³-hybridized carbons (Fsp3) is 0.500. The van der Waals surface area contributed by atoms with Crippen LogP contribution in [0.15, 0.2) is 18.2 Å². The van der Waals surface area contributed by atoms with E-state index < -0.39 is 0 Å². The maximum Gasteiger partial charge on any atom is 0.205 e. The highest BCUT2D eigenvalue weighted by atomic mass is 32.1. The van der Waals surface area contributed by atoms with Gasteiger partial charge in [0.2, 0.25) is 5.13 Å². The number of halogens is 1. The van der Waals surface area contributed by atoms with Gasteiger partial charge in [-0.05, 0) is 25.7 Å². The van der Waals surface area contributed by atoms with Gasteiger partial charge < -0.3 is 10.2 Å². The van der Waals surface area contributed by atoms with Crippen LogP contribution in [0.5, 0.6) is 0 Å². The SMILES string of the molecule is CN(C)Cc1ccc(CNc2nnc(C(C)(C)C)s2)cc1F. The Hall–Kier alpha value is -1.53. The third-order valence-electron chi connectivity index (χ3n) is 3.11. The van der Waals surface area contributed by atoms with Gasteiger partial charge >= 0.3 is 0 Å². The van der Waals surface area contributed by atoms with E-state index in [-0.39, 0.29) is 11.2 Å². The van der Waals surface area contributed by atoms with Gasteiger partial charge in [-0.2, -0.15) is 0 Å². The molecule has 2 rings (SSSR count). The fourth-order valence-corrected chi connectivity index (χ4v) is 2.74. The zero-order chi connectivity index (χ0) is 16.3. The molecule has 0 spiro atoms. The third-order valence-corrected chi connectivity index (χ3v) is 4.42. The average molecular weight is 322 g/mol. The van der Waals surface area contributed by atoms with Crippen LogP contribution in [0.1, 0.15) is 36.9 Å². The molecule has 1 aromatic heterocycles.